The third-order valence-corrected chi connectivity index (χ3v) is 5.02. The van der Waals surface area contributed by atoms with Crippen LogP contribution in [0.25, 0.3) is 5.57 Å². The van der Waals surface area contributed by atoms with Gasteiger partial charge in [0.15, 0.2) is 18.0 Å². The van der Waals surface area contributed by atoms with E-state index < -0.39 is 5.79 Å². The minimum Gasteiger partial charge on any atom is -0.337 e. The Bertz CT molecular complexity index is 744. The number of hydroxylamine groups is 1. The van der Waals surface area contributed by atoms with Gasteiger partial charge >= 0.3 is 0 Å². The first kappa shape index (κ1) is 15.1. The van der Waals surface area contributed by atoms with Crippen LogP contribution in [0.15, 0.2) is 12.4 Å². The van der Waals surface area contributed by atoms with E-state index >= 15 is 0 Å². The summed E-state index contributed by atoms with van der Waals surface area (Å²) in [5, 5.41) is 11.2. The Morgan fingerprint density at radius 3 is 2.91 bits per heavy atom. The molecule has 0 amide bonds. The fraction of sp³-hybridized carbons (Fsp3) is 0.562. The van der Waals surface area contributed by atoms with Gasteiger partial charge in [-0.2, -0.15) is 0 Å². The number of halogens is 1. The Kier molecular flexibility index (Phi) is 3.27. The number of nitrogens with zero attached hydrogens (tertiary/aromatic N) is 3. The standard InChI is InChI=1S/C16H19ClN3O3/c1-4-10-13-14(23-16(2,3)22-13)12(20(10)21)8-5-6-9-11(8)18-7-19-15(9)17/h5,7,10,13-14,21H,4,6H2,1-3H3/q+1/t10-,13-,14+/m1/s1. The highest BCUT2D eigenvalue weighted by atomic mass is 35.5. The Balaban J connectivity index is 1.80. The Labute approximate surface area is 139 Å². The van der Waals surface area contributed by atoms with E-state index in [1.165, 1.54) is 11.1 Å². The summed E-state index contributed by atoms with van der Waals surface area (Å²) in [6.45, 7) is 5.82. The summed E-state index contributed by atoms with van der Waals surface area (Å²) in [6.07, 6.45) is 4.37. The second-order valence-corrected chi connectivity index (χ2v) is 6.90. The third-order valence-electron chi connectivity index (χ3n) is 4.69. The minimum absolute atomic E-state index is 0.140. The molecular formula is C16H19ClN3O3+. The molecule has 7 heteroatoms. The molecule has 1 saturated heterocycles. The molecule has 0 aromatic carbocycles. The quantitative estimate of drug-likeness (QED) is 0.509. The zero-order valence-electron chi connectivity index (χ0n) is 13.3. The smallest absolute Gasteiger partial charge is 0.268 e. The monoisotopic (exact) mass is 336 g/mol. The van der Waals surface area contributed by atoms with Gasteiger partial charge in [0.2, 0.25) is 6.04 Å². The molecule has 6 nitrogen and oxygen atoms in total. The zero-order valence-corrected chi connectivity index (χ0v) is 14.0. The van der Waals surface area contributed by atoms with Crippen molar-refractivity contribution >= 4 is 22.9 Å². The highest BCUT2D eigenvalue weighted by molar-refractivity contribution is 6.32. The molecule has 23 heavy (non-hydrogen) atoms. The molecule has 2 aliphatic heterocycles. The number of allylic oxidation sites excluding steroid dienone is 1. The Morgan fingerprint density at radius 2 is 2.17 bits per heavy atom. The van der Waals surface area contributed by atoms with E-state index in [0.29, 0.717) is 17.3 Å². The van der Waals surface area contributed by atoms with E-state index in [9.17, 15) is 5.21 Å². The van der Waals surface area contributed by atoms with Gasteiger partial charge in [0.05, 0.1) is 11.3 Å². The molecule has 1 aromatic heterocycles. The van der Waals surface area contributed by atoms with Gasteiger partial charge in [-0.25, -0.2) is 9.97 Å². The van der Waals surface area contributed by atoms with Crippen molar-refractivity contribution in [2.24, 2.45) is 0 Å². The summed E-state index contributed by atoms with van der Waals surface area (Å²) in [4.78, 5) is 8.39. The molecule has 1 fully saturated rings. The number of fused-ring (bicyclic) bond motifs is 2. The normalized spacial score (nSPS) is 31.3. The number of aromatic nitrogens is 2. The molecule has 3 atom stereocenters. The molecule has 1 aliphatic carbocycles. The van der Waals surface area contributed by atoms with Gasteiger partial charge < -0.3 is 9.47 Å². The van der Waals surface area contributed by atoms with E-state index in [1.807, 2.05) is 26.8 Å². The SMILES string of the molecule is CC[C@@H]1[C@H]2OC(C)(C)O[C@H]2C(C2=CCc3c(Cl)ncnc32)=[N+]1O. The molecule has 3 aliphatic rings. The van der Waals surface area contributed by atoms with Crippen LogP contribution in [0.4, 0.5) is 0 Å². The van der Waals surface area contributed by atoms with Crippen molar-refractivity contribution in [1.82, 2.24) is 9.97 Å². The fourth-order valence-electron chi connectivity index (χ4n) is 3.74. The van der Waals surface area contributed by atoms with Gasteiger partial charge in [0.1, 0.15) is 11.5 Å². The molecule has 0 spiro atoms. The van der Waals surface area contributed by atoms with Crippen LogP contribution in [-0.2, 0) is 15.9 Å². The van der Waals surface area contributed by atoms with E-state index in [1.54, 1.807) is 0 Å². The van der Waals surface area contributed by atoms with Gasteiger partial charge in [-0.3, -0.25) is 5.21 Å². The molecule has 122 valence electrons. The summed E-state index contributed by atoms with van der Waals surface area (Å²) < 4.78 is 13.4. The molecule has 0 bridgehead atoms. The van der Waals surface area contributed by atoms with Crippen LogP contribution in [0.5, 0.6) is 0 Å². The maximum atomic E-state index is 10.7. The summed E-state index contributed by atoms with van der Waals surface area (Å²) in [6, 6.07) is -0.140. The summed E-state index contributed by atoms with van der Waals surface area (Å²) in [7, 11) is 0. The van der Waals surface area contributed by atoms with Crippen molar-refractivity contribution in [1.29, 1.82) is 0 Å². The average Bonchev–Trinajstić information content (AvgIpc) is 3.09. The lowest BCUT2D eigenvalue weighted by molar-refractivity contribution is -0.797. The van der Waals surface area contributed by atoms with E-state index in [0.717, 1.165) is 23.3 Å². The maximum absolute atomic E-state index is 10.7. The number of hydrogen-bond acceptors (Lipinski definition) is 5. The van der Waals surface area contributed by atoms with Crippen LogP contribution < -0.4 is 0 Å². The maximum Gasteiger partial charge on any atom is 0.268 e. The lowest BCUT2D eigenvalue weighted by atomic mass is 10.0. The molecular weight excluding hydrogens is 318 g/mol. The first-order valence-corrected chi connectivity index (χ1v) is 8.21. The lowest BCUT2D eigenvalue weighted by Gasteiger charge is -2.18. The van der Waals surface area contributed by atoms with Gasteiger partial charge in [-0.1, -0.05) is 24.6 Å². The second kappa shape index (κ2) is 5.00. The number of rotatable bonds is 2. The fourth-order valence-corrected chi connectivity index (χ4v) is 3.95. The summed E-state index contributed by atoms with van der Waals surface area (Å²) >= 11 is 6.16. The van der Waals surface area contributed by atoms with E-state index in [4.69, 9.17) is 21.1 Å². The van der Waals surface area contributed by atoms with Gasteiger partial charge in [-0.15, -0.1) is 0 Å². The number of hydrogen-bond donors (Lipinski definition) is 1. The average molecular weight is 337 g/mol. The first-order chi connectivity index (χ1) is 10.9. The van der Waals surface area contributed by atoms with Crippen molar-refractivity contribution in [2.75, 3.05) is 0 Å². The van der Waals surface area contributed by atoms with Crippen LogP contribution in [0.2, 0.25) is 5.15 Å². The third kappa shape index (κ3) is 2.12. The second-order valence-electron chi connectivity index (χ2n) is 6.54. The molecule has 0 unspecified atom stereocenters. The summed E-state index contributed by atoms with van der Waals surface area (Å²) in [5.41, 5.74) is 3.22. The van der Waals surface area contributed by atoms with Crippen molar-refractivity contribution in [3.05, 3.63) is 28.8 Å². The van der Waals surface area contributed by atoms with Crippen molar-refractivity contribution in [2.45, 2.75) is 57.6 Å². The largest absolute Gasteiger partial charge is 0.337 e. The highest BCUT2D eigenvalue weighted by Gasteiger charge is 2.61. The van der Waals surface area contributed by atoms with E-state index in [-0.39, 0.29) is 18.2 Å². The Morgan fingerprint density at radius 1 is 1.39 bits per heavy atom. The van der Waals surface area contributed by atoms with Gasteiger partial charge in [-0.05, 0) is 25.0 Å². The van der Waals surface area contributed by atoms with Crippen LogP contribution in [0.3, 0.4) is 0 Å². The minimum atomic E-state index is -0.666. The molecule has 1 aromatic rings. The Hall–Kier alpha value is -1.50. The predicted octanol–water partition coefficient (Wildman–Crippen LogP) is 2.22. The van der Waals surface area contributed by atoms with E-state index in [2.05, 4.69) is 9.97 Å². The first-order valence-electron chi connectivity index (χ1n) is 7.84. The van der Waals surface area contributed by atoms with Gasteiger partial charge in [0.25, 0.3) is 5.71 Å². The van der Waals surface area contributed by atoms with Crippen LogP contribution in [0, 0.1) is 0 Å². The van der Waals surface area contributed by atoms with Crippen molar-refractivity contribution in [3.8, 4) is 0 Å². The topological polar surface area (TPSA) is 67.5 Å². The van der Waals surface area contributed by atoms with Gasteiger partial charge in [0, 0.05) is 12.0 Å². The molecule has 0 radical (unpaired) electrons. The number of ether oxygens (including phenoxy) is 2. The molecule has 3 heterocycles. The lowest BCUT2D eigenvalue weighted by Crippen LogP contribution is -2.34. The summed E-state index contributed by atoms with van der Waals surface area (Å²) in [5.74, 6) is -0.666. The predicted molar refractivity (Wildman–Crippen MR) is 83.7 cm³/mol. The molecule has 0 saturated carbocycles. The zero-order chi connectivity index (χ0) is 16.4. The molecule has 4 rings (SSSR count). The molecule has 1 N–H and O–H groups in total. The van der Waals surface area contributed by atoms with Crippen LogP contribution in [-0.4, -0.2) is 49.7 Å². The van der Waals surface area contributed by atoms with Crippen LogP contribution in [0.1, 0.15) is 38.4 Å². The van der Waals surface area contributed by atoms with Crippen molar-refractivity contribution in [3.63, 3.8) is 0 Å². The van der Waals surface area contributed by atoms with Crippen molar-refractivity contribution < 1.29 is 19.4 Å². The van der Waals surface area contributed by atoms with Crippen LogP contribution >= 0.6 is 11.6 Å². The highest BCUT2D eigenvalue weighted by Crippen LogP contribution is 2.41.